The molecule has 0 aromatic heterocycles. The number of carbonyl (C=O) groups is 4. The van der Waals surface area contributed by atoms with Gasteiger partial charge in [-0.25, -0.2) is 9.59 Å². The lowest BCUT2D eigenvalue weighted by Crippen LogP contribution is -2.35. The molecular formula is C25H34N2O7. The summed E-state index contributed by atoms with van der Waals surface area (Å²) in [6.45, 7) is 16.8. The van der Waals surface area contributed by atoms with Gasteiger partial charge < -0.3 is 14.3 Å². The molecule has 0 aliphatic carbocycles. The van der Waals surface area contributed by atoms with Gasteiger partial charge >= 0.3 is 18.0 Å². The summed E-state index contributed by atoms with van der Waals surface area (Å²) in [7, 11) is 0. The summed E-state index contributed by atoms with van der Waals surface area (Å²) in [5.74, 6) is -1.74. The molecule has 9 heteroatoms. The van der Waals surface area contributed by atoms with Gasteiger partial charge in [-0.3, -0.25) is 14.9 Å². The normalized spacial score (nSPS) is 15.5. The van der Waals surface area contributed by atoms with Crippen LogP contribution in [0, 0.1) is 10.8 Å². The van der Waals surface area contributed by atoms with E-state index in [2.05, 4.69) is 5.32 Å². The van der Waals surface area contributed by atoms with E-state index in [0.717, 1.165) is 5.06 Å². The number of esters is 1. The van der Waals surface area contributed by atoms with Crippen molar-refractivity contribution >= 4 is 40.9 Å². The Labute approximate surface area is 200 Å². The Morgan fingerprint density at radius 2 is 1.44 bits per heavy atom. The molecular weight excluding hydrogens is 440 g/mol. The second-order valence-corrected chi connectivity index (χ2v) is 11.2. The topological polar surface area (TPSA) is 111 Å². The number of nitrogens with one attached hydrogen (secondary N) is 1. The van der Waals surface area contributed by atoms with E-state index >= 15 is 0 Å². The summed E-state index contributed by atoms with van der Waals surface area (Å²) in [5.41, 5.74) is -1.35. The maximum absolute atomic E-state index is 13.3. The summed E-state index contributed by atoms with van der Waals surface area (Å²) in [5, 5.41) is 3.46. The number of carbonyl (C=O) groups excluding carboxylic acids is 4. The number of allylic oxidation sites excluding steroid dienone is 1. The summed E-state index contributed by atoms with van der Waals surface area (Å²) < 4.78 is 10.7. The molecule has 186 valence electrons. The van der Waals surface area contributed by atoms with Gasteiger partial charge in [0.15, 0.2) is 0 Å². The third-order valence-corrected chi connectivity index (χ3v) is 4.53. The zero-order valence-electron chi connectivity index (χ0n) is 21.5. The molecule has 0 bridgehead atoms. The highest BCUT2D eigenvalue weighted by atomic mass is 16.7. The van der Waals surface area contributed by atoms with Gasteiger partial charge in [0, 0.05) is 11.3 Å². The molecule has 0 fully saturated rings. The smallest absolute Gasteiger partial charge is 0.412 e. The molecule has 34 heavy (non-hydrogen) atoms. The minimum absolute atomic E-state index is 0.0772. The van der Waals surface area contributed by atoms with Crippen LogP contribution in [0.5, 0.6) is 0 Å². The minimum Gasteiger partial charge on any atom is -0.444 e. The molecule has 2 amide bonds. The van der Waals surface area contributed by atoms with Crippen molar-refractivity contribution in [1.29, 1.82) is 0 Å². The average molecular weight is 475 g/mol. The maximum Gasteiger partial charge on any atom is 0.412 e. The van der Waals surface area contributed by atoms with Crippen LogP contribution in [0.25, 0.3) is 5.57 Å². The zero-order chi connectivity index (χ0) is 26.2. The number of amides is 2. The summed E-state index contributed by atoms with van der Waals surface area (Å²) >= 11 is 0. The van der Waals surface area contributed by atoms with Crippen LogP contribution in [0.15, 0.2) is 24.0 Å². The van der Waals surface area contributed by atoms with Gasteiger partial charge in [-0.15, -0.1) is 5.06 Å². The van der Waals surface area contributed by atoms with Gasteiger partial charge in [0.25, 0.3) is 5.91 Å². The third-order valence-electron chi connectivity index (χ3n) is 4.53. The number of nitrogens with zero attached hydrogens (tertiary/aromatic N) is 1. The first kappa shape index (κ1) is 26.9. The lowest BCUT2D eigenvalue weighted by Gasteiger charge is -2.22. The van der Waals surface area contributed by atoms with Crippen molar-refractivity contribution in [2.45, 2.75) is 74.8 Å². The fourth-order valence-electron chi connectivity index (χ4n) is 2.73. The van der Waals surface area contributed by atoms with Gasteiger partial charge in [-0.1, -0.05) is 0 Å². The lowest BCUT2D eigenvalue weighted by molar-refractivity contribution is -0.157. The number of ether oxygens (including phenoxy) is 2. The number of benzene rings is 1. The predicted molar refractivity (Wildman–Crippen MR) is 127 cm³/mol. The van der Waals surface area contributed by atoms with Gasteiger partial charge in [0.2, 0.25) is 0 Å². The van der Waals surface area contributed by atoms with Crippen molar-refractivity contribution in [1.82, 2.24) is 0 Å². The van der Waals surface area contributed by atoms with E-state index in [-0.39, 0.29) is 17.0 Å². The molecule has 1 aromatic carbocycles. The lowest BCUT2D eigenvalue weighted by atomic mass is 9.97. The van der Waals surface area contributed by atoms with Crippen LogP contribution in [-0.2, 0) is 28.7 Å². The Kier molecular flexibility index (Phi) is 7.21. The van der Waals surface area contributed by atoms with Gasteiger partial charge in [0.05, 0.1) is 22.1 Å². The molecule has 2 rings (SSSR count). The van der Waals surface area contributed by atoms with Gasteiger partial charge in [0.1, 0.15) is 11.4 Å². The highest BCUT2D eigenvalue weighted by Gasteiger charge is 2.40. The molecule has 0 atom stereocenters. The zero-order valence-corrected chi connectivity index (χ0v) is 21.5. The van der Waals surface area contributed by atoms with E-state index in [4.69, 9.17) is 14.3 Å². The molecule has 0 unspecified atom stereocenters. The summed E-state index contributed by atoms with van der Waals surface area (Å²) in [6, 6.07) is 4.64. The van der Waals surface area contributed by atoms with E-state index in [1.165, 1.54) is 13.0 Å². The van der Waals surface area contributed by atoms with Crippen LogP contribution in [0.3, 0.4) is 0 Å². The number of anilines is 2. The Morgan fingerprint density at radius 3 is 1.94 bits per heavy atom. The van der Waals surface area contributed by atoms with E-state index in [0.29, 0.717) is 11.3 Å². The summed E-state index contributed by atoms with van der Waals surface area (Å²) in [4.78, 5) is 55.9. The van der Waals surface area contributed by atoms with Crippen molar-refractivity contribution in [3.63, 3.8) is 0 Å². The van der Waals surface area contributed by atoms with E-state index in [1.807, 2.05) is 0 Å². The monoisotopic (exact) mass is 474 g/mol. The van der Waals surface area contributed by atoms with Crippen molar-refractivity contribution in [3.05, 3.63) is 29.5 Å². The first-order valence-corrected chi connectivity index (χ1v) is 11.0. The van der Waals surface area contributed by atoms with Crippen LogP contribution in [0.4, 0.5) is 16.2 Å². The van der Waals surface area contributed by atoms with Crippen molar-refractivity contribution in [3.8, 4) is 0 Å². The van der Waals surface area contributed by atoms with Gasteiger partial charge in [-0.2, -0.15) is 0 Å². The first-order valence-electron chi connectivity index (χ1n) is 11.0. The van der Waals surface area contributed by atoms with Crippen LogP contribution in [0.1, 0.15) is 74.8 Å². The second-order valence-electron chi connectivity index (χ2n) is 11.2. The Balaban J connectivity index is 2.52. The number of hydroxylamine groups is 1. The molecule has 9 nitrogen and oxygen atoms in total. The van der Waals surface area contributed by atoms with E-state index in [9.17, 15) is 19.2 Å². The van der Waals surface area contributed by atoms with Gasteiger partial charge in [-0.05, 0) is 87.4 Å². The molecule has 0 radical (unpaired) electrons. The third kappa shape index (κ3) is 6.36. The average Bonchev–Trinajstić information content (AvgIpc) is 2.89. The highest BCUT2D eigenvalue weighted by Crippen LogP contribution is 2.41. The summed E-state index contributed by atoms with van der Waals surface area (Å²) in [6.07, 6.45) is -0.680. The molecule has 0 saturated carbocycles. The van der Waals surface area contributed by atoms with Crippen LogP contribution in [-0.4, -0.2) is 29.5 Å². The van der Waals surface area contributed by atoms with Crippen molar-refractivity contribution < 1.29 is 33.5 Å². The number of hydrogen-bond donors (Lipinski definition) is 1. The van der Waals surface area contributed by atoms with E-state index < -0.39 is 40.4 Å². The molecule has 1 aliphatic heterocycles. The first-order chi connectivity index (χ1) is 15.3. The maximum atomic E-state index is 13.3. The van der Waals surface area contributed by atoms with Crippen LogP contribution >= 0.6 is 0 Å². The quantitative estimate of drug-likeness (QED) is 0.364. The molecule has 0 saturated heterocycles. The Morgan fingerprint density at radius 1 is 0.882 bits per heavy atom. The van der Waals surface area contributed by atoms with Crippen LogP contribution in [0.2, 0.25) is 0 Å². The number of hydrogen-bond acceptors (Lipinski definition) is 7. The fourth-order valence-corrected chi connectivity index (χ4v) is 2.73. The molecule has 1 aromatic rings. The predicted octanol–water partition coefficient (Wildman–Crippen LogP) is 5.20. The molecule has 1 N–H and O–H groups in total. The Hall–Kier alpha value is -3.36. The second kappa shape index (κ2) is 9.12. The fraction of sp³-hybridized carbons (Fsp3) is 0.520. The number of fused-ring (bicyclic) bond motifs is 1. The van der Waals surface area contributed by atoms with E-state index in [1.54, 1.807) is 74.4 Å². The molecule has 0 spiro atoms. The minimum atomic E-state index is -0.882. The SMILES string of the molecule is C/C(OC(=O)C(C)(C)C)=C1/C(=O)N(OC(=O)C(C)(C)C)c2cc(NC(=O)OC(C)(C)C)ccc21. The van der Waals surface area contributed by atoms with Crippen molar-refractivity contribution in [2.24, 2.45) is 10.8 Å². The van der Waals surface area contributed by atoms with Crippen LogP contribution < -0.4 is 10.4 Å². The van der Waals surface area contributed by atoms with Crippen molar-refractivity contribution in [2.75, 3.05) is 10.4 Å². The largest absolute Gasteiger partial charge is 0.444 e. The standard InChI is InChI=1S/C25H34N2O7/c1-14(32-20(29)23(2,3)4)18-16-12-11-15(26-22(31)33-25(8,9)10)13-17(16)27(19(18)28)34-21(30)24(5,6)7/h11-13H,1-10H3,(H,26,31)/b18-14-. The number of rotatable bonds is 3. The molecule has 1 heterocycles. The Bertz CT molecular complexity index is 1050. The highest BCUT2D eigenvalue weighted by molar-refractivity contribution is 6.32. The molecule has 1 aliphatic rings.